The number of aromatic nitrogens is 2. The molecule has 0 bridgehead atoms. The lowest BCUT2D eigenvalue weighted by molar-refractivity contribution is 0.376. The largest absolute Gasteiger partial charge is 0.497 e. The van der Waals surface area contributed by atoms with Gasteiger partial charge in [0.05, 0.1) is 25.4 Å². The predicted molar refractivity (Wildman–Crippen MR) is 64.8 cm³/mol. The number of nitrogens with zero attached hydrogens (tertiary/aromatic N) is 3. The van der Waals surface area contributed by atoms with E-state index >= 15 is 0 Å². The molecular formula is C12H17N3O. The van der Waals surface area contributed by atoms with E-state index in [2.05, 4.69) is 24.1 Å². The van der Waals surface area contributed by atoms with E-state index in [0.717, 1.165) is 29.7 Å². The van der Waals surface area contributed by atoms with Crippen LogP contribution in [0.5, 0.6) is 5.75 Å². The van der Waals surface area contributed by atoms with Gasteiger partial charge in [0.1, 0.15) is 5.75 Å². The summed E-state index contributed by atoms with van der Waals surface area (Å²) in [7, 11) is 5.81. The Morgan fingerprint density at radius 2 is 2.19 bits per heavy atom. The van der Waals surface area contributed by atoms with Gasteiger partial charge in [0.2, 0.25) is 0 Å². The van der Waals surface area contributed by atoms with E-state index in [1.165, 1.54) is 0 Å². The van der Waals surface area contributed by atoms with Gasteiger partial charge in [-0.05, 0) is 26.2 Å². The third-order valence-electron chi connectivity index (χ3n) is 2.61. The van der Waals surface area contributed by atoms with Crippen molar-refractivity contribution in [2.24, 2.45) is 0 Å². The van der Waals surface area contributed by atoms with Crippen molar-refractivity contribution in [3.05, 3.63) is 24.4 Å². The SMILES string of the molecule is COc1ccc2cnn(CCN(C)C)c2c1. The summed E-state index contributed by atoms with van der Waals surface area (Å²) < 4.78 is 7.23. The third-order valence-corrected chi connectivity index (χ3v) is 2.61. The van der Waals surface area contributed by atoms with Crippen LogP contribution in [0.15, 0.2) is 24.4 Å². The Kier molecular flexibility index (Phi) is 3.10. The molecule has 86 valence electrons. The summed E-state index contributed by atoms with van der Waals surface area (Å²) in [5.41, 5.74) is 1.13. The van der Waals surface area contributed by atoms with Crippen LogP contribution >= 0.6 is 0 Å². The fraction of sp³-hybridized carbons (Fsp3) is 0.417. The topological polar surface area (TPSA) is 30.3 Å². The molecule has 0 saturated carbocycles. The maximum absolute atomic E-state index is 5.22. The van der Waals surface area contributed by atoms with Gasteiger partial charge in [-0.1, -0.05) is 0 Å². The molecule has 0 aliphatic carbocycles. The number of benzene rings is 1. The zero-order valence-corrected chi connectivity index (χ0v) is 9.97. The molecule has 0 fully saturated rings. The van der Waals surface area contributed by atoms with Gasteiger partial charge < -0.3 is 9.64 Å². The molecule has 0 aliphatic rings. The minimum Gasteiger partial charge on any atom is -0.497 e. The highest BCUT2D eigenvalue weighted by Crippen LogP contribution is 2.20. The molecule has 2 aromatic rings. The smallest absolute Gasteiger partial charge is 0.121 e. The number of hydrogen-bond acceptors (Lipinski definition) is 3. The minimum absolute atomic E-state index is 0.874. The van der Waals surface area contributed by atoms with Crippen LogP contribution in [0.1, 0.15) is 0 Å². The average molecular weight is 219 g/mol. The van der Waals surface area contributed by atoms with Crippen LogP contribution in [0.3, 0.4) is 0 Å². The van der Waals surface area contributed by atoms with E-state index in [1.807, 2.05) is 29.1 Å². The Hall–Kier alpha value is -1.55. The molecule has 16 heavy (non-hydrogen) atoms. The molecule has 4 nitrogen and oxygen atoms in total. The van der Waals surface area contributed by atoms with Gasteiger partial charge in [-0.25, -0.2) is 0 Å². The summed E-state index contributed by atoms with van der Waals surface area (Å²) in [6, 6.07) is 6.02. The standard InChI is InChI=1S/C12H17N3O/c1-14(2)6-7-15-12-8-11(16-3)5-4-10(12)9-13-15/h4-5,8-9H,6-7H2,1-3H3. The van der Waals surface area contributed by atoms with Gasteiger partial charge in [0, 0.05) is 18.0 Å². The third kappa shape index (κ3) is 2.17. The van der Waals surface area contributed by atoms with Crippen molar-refractivity contribution in [1.29, 1.82) is 0 Å². The van der Waals surface area contributed by atoms with Crippen molar-refractivity contribution in [3.63, 3.8) is 0 Å². The van der Waals surface area contributed by atoms with E-state index in [1.54, 1.807) is 7.11 Å². The van der Waals surface area contributed by atoms with Crippen molar-refractivity contribution < 1.29 is 4.74 Å². The zero-order valence-electron chi connectivity index (χ0n) is 9.97. The normalized spacial score (nSPS) is 11.2. The number of ether oxygens (including phenoxy) is 1. The van der Waals surface area contributed by atoms with Gasteiger partial charge in [0.15, 0.2) is 0 Å². The first-order valence-corrected chi connectivity index (χ1v) is 5.35. The van der Waals surface area contributed by atoms with Gasteiger partial charge in [0.25, 0.3) is 0 Å². The van der Waals surface area contributed by atoms with E-state index in [0.29, 0.717) is 0 Å². The maximum Gasteiger partial charge on any atom is 0.121 e. The Labute approximate surface area is 95.4 Å². The lowest BCUT2D eigenvalue weighted by atomic mass is 10.2. The highest BCUT2D eigenvalue weighted by molar-refractivity contribution is 5.80. The number of rotatable bonds is 4. The molecule has 0 unspecified atom stereocenters. The highest BCUT2D eigenvalue weighted by atomic mass is 16.5. The van der Waals surface area contributed by atoms with Crippen LogP contribution in [0, 0.1) is 0 Å². The fourth-order valence-electron chi connectivity index (χ4n) is 1.65. The van der Waals surface area contributed by atoms with Crippen molar-refractivity contribution in [2.75, 3.05) is 27.7 Å². The Morgan fingerprint density at radius 3 is 2.88 bits per heavy atom. The maximum atomic E-state index is 5.22. The summed E-state index contributed by atoms with van der Waals surface area (Å²) in [5, 5.41) is 5.53. The zero-order chi connectivity index (χ0) is 11.5. The van der Waals surface area contributed by atoms with Crippen molar-refractivity contribution in [2.45, 2.75) is 6.54 Å². The second kappa shape index (κ2) is 4.53. The van der Waals surface area contributed by atoms with Crippen LogP contribution in [0.2, 0.25) is 0 Å². The molecule has 1 heterocycles. The molecule has 1 aromatic carbocycles. The van der Waals surface area contributed by atoms with Crippen LogP contribution in [-0.2, 0) is 6.54 Å². The van der Waals surface area contributed by atoms with Crippen LogP contribution in [0.4, 0.5) is 0 Å². The molecule has 0 saturated heterocycles. The van der Waals surface area contributed by atoms with Crippen molar-refractivity contribution in [1.82, 2.24) is 14.7 Å². The lowest BCUT2D eigenvalue weighted by Crippen LogP contribution is -2.18. The molecule has 0 N–H and O–H groups in total. The molecule has 0 radical (unpaired) electrons. The second-order valence-electron chi connectivity index (χ2n) is 4.10. The molecule has 0 amide bonds. The number of fused-ring (bicyclic) bond motifs is 1. The van der Waals surface area contributed by atoms with Crippen molar-refractivity contribution in [3.8, 4) is 5.75 Å². The second-order valence-corrected chi connectivity index (χ2v) is 4.10. The van der Waals surface area contributed by atoms with E-state index < -0.39 is 0 Å². The molecular weight excluding hydrogens is 202 g/mol. The van der Waals surface area contributed by atoms with E-state index in [4.69, 9.17) is 4.74 Å². The minimum atomic E-state index is 0.874. The van der Waals surface area contributed by atoms with Crippen LogP contribution in [0.25, 0.3) is 10.9 Å². The highest BCUT2D eigenvalue weighted by Gasteiger charge is 2.04. The molecule has 2 rings (SSSR count). The van der Waals surface area contributed by atoms with Crippen LogP contribution in [-0.4, -0.2) is 42.4 Å². The first-order valence-electron chi connectivity index (χ1n) is 5.35. The van der Waals surface area contributed by atoms with E-state index in [-0.39, 0.29) is 0 Å². The molecule has 0 atom stereocenters. The quantitative estimate of drug-likeness (QED) is 0.782. The summed E-state index contributed by atoms with van der Waals surface area (Å²) in [5.74, 6) is 0.874. The van der Waals surface area contributed by atoms with Gasteiger partial charge in [-0.15, -0.1) is 0 Å². The van der Waals surface area contributed by atoms with Gasteiger partial charge in [-0.3, -0.25) is 4.68 Å². The van der Waals surface area contributed by atoms with Gasteiger partial charge in [-0.2, -0.15) is 5.10 Å². The first kappa shape index (κ1) is 11.0. The lowest BCUT2D eigenvalue weighted by Gasteiger charge is -2.10. The number of likely N-dealkylation sites (N-methyl/N-ethyl adjacent to an activating group) is 1. The van der Waals surface area contributed by atoms with Gasteiger partial charge >= 0.3 is 0 Å². The Morgan fingerprint density at radius 1 is 1.38 bits per heavy atom. The summed E-state index contributed by atoms with van der Waals surface area (Å²) in [6.07, 6.45) is 1.89. The summed E-state index contributed by atoms with van der Waals surface area (Å²) >= 11 is 0. The van der Waals surface area contributed by atoms with E-state index in [9.17, 15) is 0 Å². The van der Waals surface area contributed by atoms with Crippen LogP contribution < -0.4 is 4.74 Å². The average Bonchev–Trinajstić information content (AvgIpc) is 2.68. The summed E-state index contributed by atoms with van der Waals surface area (Å²) in [4.78, 5) is 2.15. The molecule has 1 aromatic heterocycles. The Bertz CT molecular complexity index is 476. The first-order chi connectivity index (χ1) is 7.70. The monoisotopic (exact) mass is 219 g/mol. The molecule has 0 aliphatic heterocycles. The Balaban J connectivity index is 2.30. The van der Waals surface area contributed by atoms with Crippen molar-refractivity contribution >= 4 is 10.9 Å². The molecule has 0 spiro atoms. The number of methoxy groups -OCH3 is 1. The fourth-order valence-corrected chi connectivity index (χ4v) is 1.65. The molecule has 4 heteroatoms. The summed E-state index contributed by atoms with van der Waals surface area (Å²) in [6.45, 7) is 1.87. The predicted octanol–water partition coefficient (Wildman–Crippen LogP) is 1.61. The number of hydrogen-bond donors (Lipinski definition) is 0.